The van der Waals surface area contributed by atoms with Crippen LogP contribution in [0.1, 0.15) is 24.1 Å². The number of hydrogen-bond acceptors (Lipinski definition) is 5. The third-order valence-corrected chi connectivity index (χ3v) is 6.59. The van der Waals surface area contributed by atoms with Crippen molar-refractivity contribution in [1.82, 2.24) is 15.0 Å². The van der Waals surface area contributed by atoms with Crippen LogP contribution >= 0.6 is 7.14 Å². The van der Waals surface area contributed by atoms with Gasteiger partial charge in [0.25, 0.3) is 0 Å². The van der Waals surface area contributed by atoms with Crippen molar-refractivity contribution in [3.63, 3.8) is 0 Å². The quantitative estimate of drug-likeness (QED) is 0.464. The normalized spacial score (nSPS) is 13.9. The van der Waals surface area contributed by atoms with Crippen molar-refractivity contribution in [1.29, 1.82) is 0 Å². The van der Waals surface area contributed by atoms with Gasteiger partial charge in [0.1, 0.15) is 7.14 Å². The van der Waals surface area contributed by atoms with Gasteiger partial charge < -0.3 is 20.0 Å². The van der Waals surface area contributed by atoms with Gasteiger partial charge >= 0.3 is 0 Å². The van der Waals surface area contributed by atoms with E-state index in [1.165, 1.54) is 0 Å². The number of aliphatic hydroxyl groups is 1. The van der Waals surface area contributed by atoms with Crippen LogP contribution in [0.2, 0.25) is 0 Å². The first-order valence-electron chi connectivity index (χ1n) is 9.39. The lowest BCUT2D eigenvalue weighted by molar-refractivity contribution is 0.292. The van der Waals surface area contributed by atoms with Crippen molar-refractivity contribution in [2.45, 2.75) is 25.7 Å². The van der Waals surface area contributed by atoms with Crippen LogP contribution in [0.4, 0.5) is 5.95 Å². The van der Waals surface area contributed by atoms with Gasteiger partial charge in [-0.15, -0.1) is 0 Å². The molecule has 0 saturated carbocycles. The van der Waals surface area contributed by atoms with Gasteiger partial charge in [0, 0.05) is 41.3 Å². The van der Waals surface area contributed by atoms with E-state index in [-0.39, 0.29) is 6.61 Å². The highest BCUT2D eigenvalue weighted by Crippen LogP contribution is 2.42. The Kier molecular flexibility index (Phi) is 4.79. The van der Waals surface area contributed by atoms with E-state index in [1.807, 2.05) is 31.7 Å². The molecule has 2 aromatic heterocycles. The summed E-state index contributed by atoms with van der Waals surface area (Å²) in [7, 11) is -2.39. The van der Waals surface area contributed by atoms with Crippen molar-refractivity contribution in [2.75, 3.05) is 31.8 Å². The van der Waals surface area contributed by atoms with E-state index in [2.05, 4.69) is 21.4 Å². The fourth-order valence-electron chi connectivity index (χ4n) is 3.79. The fourth-order valence-corrected chi connectivity index (χ4v) is 4.95. The summed E-state index contributed by atoms with van der Waals surface area (Å²) in [6.07, 6.45) is 5.47. The molecule has 0 aliphatic heterocycles. The monoisotopic (exact) mass is 384 g/mol. The number of H-pyrrole nitrogens is 1. The van der Waals surface area contributed by atoms with Crippen molar-refractivity contribution >= 4 is 29.3 Å². The van der Waals surface area contributed by atoms with Crippen LogP contribution in [0.25, 0.3) is 22.2 Å². The van der Waals surface area contributed by atoms with Gasteiger partial charge in [-0.05, 0) is 50.6 Å². The average molecular weight is 384 g/mol. The van der Waals surface area contributed by atoms with E-state index < -0.39 is 7.14 Å². The van der Waals surface area contributed by atoms with Crippen LogP contribution in [-0.2, 0) is 17.4 Å². The maximum Gasteiger partial charge on any atom is 0.223 e. The summed E-state index contributed by atoms with van der Waals surface area (Å²) in [4.78, 5) is 12.8. The van der Waals surface area contributed by atoms with Crippen molar-refractivity contribution in [2.24, 2.45) is 0 Å². The number of rotatable bonds is 5. The highest BCUT2D eigenvalue weighted by molar-refractivity contribution is 7.70. The summed E-state index contributed by atoms with van der Waals surface area (Å²) in [5.74, 6) is 0.581. The van der Waals surface area contributed by atoms with Gasteiger partial charge in [-0.25, -0.2) is 9.97 Å². The zero-order valence-electron chi connectivity index (χ0n) is 15.7. The van der Waals surface area contributed by atoms with Crippen molar-refractivity contribution < 1.29 is 9.67 Å². The Morgan fingerprint density at radius 2 is 2.15 bits per heavy atom. The SMILES string of the molecule is CP(C)(=O)c1cccc2c3c([nH]c12)CCCc1cnc(NCCCO)nc1-3. The number of hydrogen-bond donors (Lipinski definition) is 3. The molecule has 1 aliphatic carbocycles. The minimum atomic E-state index is -2.39. The van der Waals surface area contributed by atoms with Gasteiger partial charge in [-0.1, -0.05) is 12.1 Å². The molecule has 3 N–H and O–H groups in total. The van der Waals surface area contributed by atoms with E-state index in [0.717, 1.165) is 58.0 Å². The van der Waals surface area contributed by atoms with E-state index in [1.54, 1.807) is 0 Å². The summed E-state index contributed by atoms with van der Waals surface area (Å²) in [6.45, 7) is 4.40. The maximum atomic E-state index is 12.8. The molecule has 2 heterocycles. The second-order valence-corrected chi connectivity index (χ2v) is 10.6. The molecule has 0 radical (unpaired) electrons. The first-order valence-corrected chi connectivity index (χ1v) is 12.0. The average Bonchev–Trinajstić information content (AvgIpc) is 2.90. The second kappa shape index (κ2) is 7.10. The number of aromatic nitrogens is 3. The van der Waals surface area contributed by atoms with Gasteiger partial charge in [0.2, 0.25) is 5.95 Å². The molecule has 0 atom stereocenters. The zero-order valence-corrected chi connectivity index (χ0v) is 16.6. The van der Waals surface area contributed by atoms with E-state index in [0.29, 0.717) is 18.9 Å². The minimum Gasteiger partial charge on any atom is -0.396 e. The summed E-state index contributed by atoms with van der Waals surface area (Å²) in [5.41, 5.74) is 5.33. The lowest BCUT2D eigenvalue weighted by Crippen LogP contribution is -2.08. The van der Waals surface area contributed by atoms with Crippen molar-refractivity contribution in [3.05, 3.63) is 35.7 Å². The number of aliphatic hydroxyl groups excluding tert-OH is 1. The fraction of sp³-hybridized carbons (Fsp3) is 0.400. The Morgan fingerprint density at radius 3 is 2.93 bits per heavy atom. The molecule has 0 saturated heterocycles. The third-order valence-electron chi connectivity index (χ3n) is 5.06. The lowest BCUT2D eigenvalue weighted by atomic mass is 10.0. The molecule has 7 heteroatoms. The molecule has 0 amide bonds. The molecule has 1 aromatic carbocycles. The number of aryl methyl sites for hydroxylation is 2. The van der Waals surface area contributed by atoms with Crippen LogP contribution in [0.3, 0.4) is 0 Å². The third kappa shape index (κ3) is 3.40. The number of nitrogens with one attached hydrogen (secondary N) is 2. The Balaban J connectivity index is 1.89. The molecule has 3 aromatic rings. The Labute approximate surface area is 158 Å². The molecule has 0 unspecified atom stereocenters. The number of nitrogens with zero attached hydrogens (tertiary/aromatic N) is 2. The van der Waals surface area contributed by atoms with Gasteiger partial charge in [-0.3, -0.25) is 0 Å². The smallest absolute Gasteiger partial charge is 0.223 e. The number of fused-ring (bicyclic) bond motifs is 5. The zero-order chi connectivity index (χ0) is 19.0. The van der Waals surface area contributed by atoms with Crippen LogP contribution in [-0.4, -0.2) is 46.5 Å². The number of aromatic amines is 1. The van der Waals surface area contributed by atoms with E-state index in [4.69, 9.17) is 10.1 Å². The van der Waals surface area contributed by atoms with Crippen LogP contribution in [0.5, 0.6) is 0 Å². The molecular formula is C20H25N4O2P. The molecule has 4 rings (SSSR count). The van der Waals surface area contributed by atoms with Crippen LogP contribution in [0.15, 0.2) is 24.4 Å². The summed E-state index contributed by atoms with van der Waals surface area (Å²) in [5, 5.41) is 14.1. The predicted molar refractivity (Wildman–Crippen MR) is 111 cm³/mol. The first kappa shape index (κ1) is 18.2. The first-order chi connectivity index (χ1) is 13.0. The topological polar surface area (TPSA) is 90.9 Å². The predicted octanol–water partition coefficient (Wildman–Crippen LogP) is 3.16. The molecule has 0 bridgehead atoms. The highest BCUT2D eigenvalue weighted by Gasteiger charge is 2.24. The minimum absolute atomic E-state index is 0.140. The number of anilines is 1. The molecule has 0 spiro atoms. The highest BCUT2D eigenvalue weighted by atomic mass is 31.2. The Hall–Kier alpha value is -2.17. The number of para-hydroxylation sites is 1. The van der Waals surface area contributed by atoms with Gasteiger partial charge in [0.05, 0.1) is 11.2 Å². The standard InChI is InChI=1S/C20H25N4O2P/c1-27(2,26)16-9-4-7-14-17-15(23-19(14)16)8-3-6-13-12-22-20(24-18(13)17)21-10-5-11-25/h4,7,9,12,23,25H,3,5-6,8,10-11H2,1-2H3,(H,21,22,24). The molecule has 1 aliphatic rings. The summed E-state index contributed by atoms with van der Waals surface area (Å²) >= 11 is 0. The van der Waals surface area contributed by atoms with Gasteiger partial charge in [0.15, 0.2) is 0 Å². The summed E-state index contributed by atoms with van der Waals surface area (Å²) in [6, 6.07) is 6.03. The van der Waals surface area contributed by atoms with Crippen molar-refractivity contribution in [3.8, 4) is 11.3 Å². The van der Waals surface area contributed by atoms with Crippen LogP contribution < -0.4 is 10.6 Å². The molecular weight excluding hydrogens is 359 g/mol. The van der Waals surface area contributed by atoms with E-state index >= 15 is 0 Å². The summed E-state index contributed by atoms with van der Waals surface area (Å²) < 4.78 is 12.8. The molecule has 142 valence electrons. The Morgan fingerprint density at radius 1 is 1.30 bits per heavy atom. The van der Waals surface area contributed by atoms with E-state index in [9.17, 15) is 4.57 Å². The van der Waals surface area contributed by atoms with Gasteiger partial charge in [-0.2, -0.15) is 0 Å². The lowest BCUT2D eigenvalue weighted by Gasteiger charge is -2.11. The molecule has 27 heavy (non-hydrogen) atoms. The maximum absolute atomic E-state index is 12.8. The van der Waals surface area contributed by atoms with Crippen LogP contribution in [0, 0.1) is 0 Å². The largest absolute Gasteiger partial charge is 0.396 e. The molecule has 0 fully saturated rings. The Bertz CT molecular complexity index is 1040. The molecule has 6 nitrogen and oxygen atoms in total. The second-order valence-electron chi connectivity index (χ2n) is 7.45. The number of benzene rings is 1.